The fourth-order valence-electron chi connectivity index (χ4n) is 3.74. The van der Waals surface area contributed by atoms with E-state index in [1.54, 1.807) is 0 Å². The maximum absolute atomic E-state index is 11.9. The lowest BCUT2D eigenvalue weighted by atomic mass is 9.82. The number of esters is 1. The first-order valence-electron chi connectivity index (χ1n) is 8.36. The van der Waals surface area contributed by atoms with E-state index in [4.69, 9.17) is 9.47 Å². The minimum absolute atomic E-state index is 0.112. The molecule has 1 N–H and O–H groups in total. The van der Waals surface area contributed by atoms with Crippen LogP contribution in [0.2, 0.25) is 0 Å². The second-order valence-corrected chi connectivity index (χ2v) is 6.24. The Labute approximate surface area is 132 Å². The molecule has 0 spiro atoms. The highest BCUT2D eigenvalue weighted by Crippen LogP contribution is 2.36. The third-order valence-electron chi connectivity index (χ3n) is 4.80. The van der Waals surface area contributed by atoms with Crippen LogP contribution in [0.3, 0.4) is 0 Å². The SMILES string of the molecule is CCOC(=O)C1CC2C(CCCC2OCc2ccccc2)N1. The van der Waals surface area contributed by atoms with Gasteiger partial charge in [0.1, 0.15) is 6.04 Å². The van der Waals surface area contributed by atoms with Gasteiger partial charge in [0.2, 0.25) is 0 Å². The van der Waals surface area contributed by atoms with Crippen LogP contribution in [-0.2, 0) is 20.9 Å². The number of hydrogen-bond donors (Lipinski definition) is 1. The summed E-state index contributed by atoms with van der Waals surface area (Å²) in [6.07, 6.45) is 4.45. The first-order chi connectivity index (χ1) is 10.8. The molecule has 1 aromatic carbocycles. The Morgan fingerprint density at radius 2 is 2.09 bits per heavy atom. The topological polar surface area (TPSA) is 47.6 Å². The molecule has 1 saturated heterocycles. The predicted octanol–water partition coefficient (Wildman–Crippen LogP) is 2.67. The quantitative estimate of drug-likeness (QED) is 0.850. The number of nitrogens with one attached hydrogen (secondary N) is 1. The summed E-state index contributed by atoms with van der Waals surface area (Å²) in [5, 5.41) is 3.45. The molecule has 22 heavy (non-hydrogen) atoms. The van der Waals surface area contributed by atoms with Crippen molar-refractivity contribution >= 4 is 5.97 Å². The van der Waals surface area contributed by atoms with Crippen LogP contribution < -0.4 is 5.32 Å². The molecule has 1 aliphatic carbocycles. The van der Waals surface area contributed by atoms with Crippen LogP contribution in [0.1, 0.15) is 38.2 Å². The number of ether oxygens (including phenoxy) is 2. The van der Waals surface area contributed by atoms with Gasteiger partial charge in [-0.2, -0.15) is 0 Å². The molecule has 2 fully saturated rings. The molecule has 4 unspecified atom stereocenters. The Balaban J connectivity index is 1.58. The highest BCUT2D eigenvalue weighted by molar-refractivity contribution is 5.76. The molecule has 2 aliphatic rings. The molecule has 4 nitrogen and oxygen atoms in total. The predicted molar refractivity (Wildman–Crippen MR) is 84.3 cm³/mol. The van der Waals surface area contributed by atoms with Crippen molar-refractivity contribution in [2.24, 2.45) is 5.92 Å². The van der Waals surface area contributed by atoms with Crippen LogP contribution in [0.5, 0.6) is 0 Å². The molecule has 4 atom stereocenters. The minimum Gasteiger partial charge on any atom is -0.465 e. The molecule has 1 heterocycles. The lowest BCUT2D eigenvalue weighted by Crippen LogP contribution is -2.41. The highest BCUT2D eigenvalue weighted by atomic mass is 16.5. The van der Waals surface area contributed by atoms with Crippen LogP contribution in [0.25, 0.3) is 0 Å². The standard InChI is InChI=1S/C18H25NO3/c1-2-21-18(20)16-11-14-15(19-16)9-6-10-17(14)22-12-13-7-4-3-5-8-13/h3-5,7-8,14-17,19H,2,6,9-12H2,1H3. The van der Waals surface area contributed by atoms with Gasteiger partial charge in [-0.1, -0.05) is 30.3 Å². The molecule has 0 amide bonds. The second-order valence-electron chi connectivity index (χ2n) is 6.24. The normalized spacial score (nSPS) is 30.8. The Morgan fingerprint density at radius 3 is 2.86 bits per heavy atom. The monoisotopic (exact) mass is 303 g/mol. The summed E-state index contributed by atoms with van der Waals surface area (Å²) in [6.45, 7) is 2.95. The van der Waals surface area contributed by atoms with E-state index < -0.39 is 0 Å². The van der Waals surface area contributed by atoms with Gasteiger partial charge in [0, 0.05) is 12.0 Å². The average Bonchev–Trinajstić information content (AvgIpc) is 2.99. The zero-order valence-electron chi connectivity index (χ0n) is 13.2. The zero-order valence-corrected chi connectivity index (χ0v) is 13.2. The smallest absolute Gasteiger partial charge is 0.323 e. The van der Waals surface area contributed by atoms with E-state index >= 15 is 0 Å². The Bertz CT molecular complexity index is 490. The van der Waals surface area contributed by atoms with Crippen LogP contribution in [0.15, 0.2) is 30.3 Å². The fraction of sp³-hybridized carbons (Fsp3) is 0.611. The van der Waals surface area contributed by atoms with Gasteiger partial charge >= 0.3 is 5.97 Å². The Morgan fingerprint density at radius 1 is 1.27 bits per heavy atom. The lowest BCUT2D eigenvalue weighted by Gasteiger charge is -2.33. The van der Waals surface area contributed by atoms with Crippen molar-refractivity contribution < 1.29 is 14.3 Å². The van der Waals surface area contributed by atoms with Crippen molar-refractivity contribution in [1.29, 1.82) is 0 Å². The van der Waals surface area contributed by atoms with E-state index in [2.05, 4.69) is 17.4 Å². The molecule has 4 heteroatoms. The van der Waals surface area contributed by atoms with Gasteiger partial charge in [-0.05, 0) is 38.2 Å². The van der Waals surface area contributed by atoms with Crippen molar-refractivity contribution in [2.45, 2.75) is 57.4 Å². The van der Waals surface area contributed by atoms with Crippen molar-refractivity contribution in [3.8, 4) is 0 Å². The molecule has 1 saturated carbocycles. The van der Waals surface area contributed by atoms with Crippen LogP contribution >= 0.6 is 0 Å². The summed E-state index contributed by atoms with van der Waals surface area (Å²) < 4.78 is 11.3. The van der Waals surface area contributed by atoms with Gasteiger partial charge in [-0.3, -0.25) is 4.79 Å². The number of carbonyl (C=O) groups is 1. The molecule has 0 radical (unpaired) electrons. The van der Waals surface area contributed by atoms with Gasteiger partial charge in [0.25, 0.3) is 0 Å². The van der Waals surface area contributed by atoms with E-state index in [1.165, 1.54) is 5.56 Å². The van der Waals surface area contributed by atoms with E-state index in [1.807, 2.05) is 25.1 Å². The third kappa shape index (κ3) is 3.50. The molecular formula is C18H25NO3. The number of rotatable bonds is 5. The Hall–Kier alpha value is -1.39. The van der Waals surface area contributed by atoms with E-state index in [0.29, 0.717) is 25.2 Å². The summed E-state index contributed by atoms with van der Waals surface area (Å²) in [6, 6.07) is 10.5. The number of hydrogen-bond acceptors (Lipinski definition) is 4. The summed E-state index contributed by atoms with van der Waals surface area (Å²) in [4.78, 5) is 11.9. The second kappa shape index (κ2) is 7.25. The zero-order chi connectivity index (χ0) is 15.4. The molecule has 1 aromatic rings. The van der Waals surface area contributed by atoms with E-state index in [9.17, 15) is 4.79 Å². The van der Waals surface area contributed by atoms with Crippen molar-refractivity contribution in [2.75, 3.05) is 6.61 Å². The van der Waals surface area contributed by atoms with E-state index in [0.717, 1.165) is 25.7 Å². The van der Waals surface area contributed by atoms with Gasteiger partial charge in [-0.25, -0.2) is 0 Å². The summed E-state index contributed by atoms with van der Waals surface area (Å²) in [5.74, 6) is 0.311. The minimum atomic E-state index is -0.157. The fourth-order valence-corrected chi connectivity index (χ4v) is 3.74. The van der Waals surface area contributed by atoms with Crippen molar-refractivity contribution in [3.63, 3.8) is 0 Å². The molecule has 1 aliphatic heterocycles. The molecule has 3 rings (SSSR count). The lowest BCUT2D eigenvalue weighted by molar-refractivity contribution is -0.145. The average molecular weight is 303 g/mol. The summed E-state index contributed by atoms with van der Waals surface area (Å²) in [7, 11) is 0. The largest absolute Gasteiger partial charge is 0.465 e. The Kier molecular flexibility index (Phi) is 5.11. The first-order valence-corrected chi connectivity index (χ1v) is 8.36. The van der Waals surface area contributed by atoms with Crippen molar-refractivity contribution in [3.05, 3.63) is 35.9 Å². The molecule has 0 aromatic heterocycles. The molecule has 120 valence electrons. The van der Waals surface area contributed by atoms with Gasteiger partial charge in [-0.15, -0.1) is 0 Å². The highest BCUT2D eigenvalue weighted by Gasteiger charge is 2.44. The van der Waals surface area contributed by atoms with Crippen molar-refractivity contribution in [1.82, 2.24) is 5.32 Å². The first kappa shape index (κ1) is 15.5. The number of benzene rings is 1. The maximum atomic E-state index is 11.9. The van der Waals surface area contributed by atoms with E-state index in [-0.39, 0.29) is 18.1 Å². The van der Waals surface area contributed by atoms with Crippen LogP contribution in [-0.4, -0.2) is 30.8 Å². The molecular weight excluding hydrogens is 278 g/mol. The van der Waals surface area contributed by atoms with Crippen LogP contribution in [0, 0.1) is 5.92 Å². The third-order valence-corrected chi connectivity index (χ3v) is 4.80. The van der Waals surface area contributed by atoms with Gasteiger partial charge in [0.05, 0.1) is 19.3 Å². The summed E-state index contributed by atoms with van der Waals surface area (Å²) in [5.41, 5.74) is 1.21. The molecule has 0 bridgehead atoms. The number of fused-ring (bicyclic) bond motifs is 1. The van der Waals surface area contributed by atoms with Gasteiger partial charge < -0.3 is 14.8 Å². The van der Waals surface area contributed by atoms with Gasteiger partial charge in [0.15, 0.2) is 0 Å². The summed E-state index contributed by atoms with van der Waals surface area (Å²) >= 11 is 0. The van der Waals surface area contributed by atoms with Crippen LogP contribution in [0.4, 0.5) is 0 Å². The maximum Gasteiger partial charge on any atom is 0.323 e. The number of carbonyl (C=O) groups excluding carboxylic acids is 1.